The second kappa shape index (κ2) is 13.7. The number of carbonyl (C=O) groups is 2. The third-order valence-corrected chi connectivity index (χ3v) is 7.38. The van der Waals surface area contributed by atoms with Crippen LogP contribution >= 0.6 is 0 Å². The van der Waals surface area contributed by atoms with Gasteiger partial charge in [0.15, 0.2) is 0 Å². The van der Waals surface area contributed by atoms with Crippen molar-refractivity contribution < 1.29 is 28.2 Å². The molecule has 8 nitrogen and oxygen atoms in total. The third kappa shape index (κ3) is 8.24. The Kier molecular flexibility index (Phi) is 10.6. The molecule has 2 N–H and O–H groups in total. The van der Waals surface area contributed by atoms with Crippen LogP contribution in [0.4, 0.5) is 19.3 Å². The molecule has 2 fully saturated rings. The number of hydrogen-bond donors (Lipinski definition) is 2. The number of aromatic carboxylic acids is 1. The molecule has 3 unspecified atom stereocenters. The number of hydrogen-bond acceptors (Lipinski definition) is 6. The molecular weight excluding hydrogens is 518 g/mol. The van der Waals surface area contributed by atoms with Gasteiger partial charge in [0, 0.05) is 37.8 Å². The summed E-state index contributed by atoms with van der Waals surface area (Å²) in [6.45, 7) is 11.2. The molecule has 2 aliphatic rings. The van der Waals surface area contributed by atoms with Gasteiger partial charge in [0.25, 0.3) is 0 Å². The lowest BCUT2D eigenvalue weighted by Crippen LogP contribution is -2.36. The van der Waals surface area contributed by atoms with Crippen molar-refractivity contribution in [3.8, 4) is 0 Å². The molecule has 0 aliphatic carbocycles. The van der Waals surface area contributed by atoms with Crippen molar-refractivity contribution in [1.82, 2.24) is 10.3 Å². The quantitative estimate of drug-likeness (QED) is 0.203. The predicted molar refractivity (Wildman–Crippen MR) is 153 cm³/mol. The van der Waals surface area contributed by atoms with E-state index in [0.717, 1.165) is 43.6 Å². The molecule has 40 heavy (non-hydrogen) atoms. The zero-order valence-corrected chi connectivity index (χ0v) is 23.9. The Morgan fingerprint density at radius 1 is 1.27 bits per heavy atom. The first-order valence-electron chi connectivity index (χ1n) is 13.6. The number of amides is 1. The van der Waals surface area contributed by atoms with Gasteiger partial charge in [-0.3, -0.25) is 15.2 Å². The van der Waals surface area contributed by atoms with Gasteiger partial charge in [-0.25, -0.2) is 18.4 Å². The maximum Gasteiger partial charge on any atom is 0.415 e. The molecule has 1 aromatic carbocycles. The van der Waals surface area contributed by atoms with E-state index in [1.54, 1.807) is 36.2 Å². The molecule has 3 atom stereocenters. The Morgan fingerprint density at radius 3 is 2.70 bits per heavy atom. The highest BCUT2D eigenvalue weighted by molar-refractivity contribution is 5.93. The first-order valence-corrected chi connectivity index (χ1v) is 13.6. The Morgan fingerprint density at radius 2 is 2.02 bits per heavy atom. The zero-order chi connectivity index (χ0) is 29.4. The lowest BCUT2D eigenvalue weighted by molar-refractivity contribution is 0.0447. The fourth-order valence-corrected chi connectivity index (χ4v) is 4.86. The second-order valence-corrected chi connectivity index (χ2v) is 10.8. The van der Waals surface area contributed by atoms with Crippen LogP contribution in [0.15, 0.2) is 58.6 Å². The van der Waals surface area contributed by atoms with Crippen LogP contribution < -0.4 is 10.3 Å². The number of ether oxygens (including phenoxy) is 1. The first-order chi connectivity index (χ1) is 18.9. The summed E-state index contributed by atoms with van der Waals surface area (Å²) in [5.41, 5.74) is 5.08. The summed E-state index contributed by atoms with van der Waals surface area (Å²) >= 11 is 0. The predicted octanol–water partition coefficient (Wildman–Crippen LogP) is 6.15. The van der Waals surface area contributed by atoms with Gasteiger partial charge in [0.05, 0.1) is 17.8 Å². The standard InChI is InChI=1S/C30H40F2N4O4/c1-20(7-9-26(32)23(4)24(5)31)16-33-34-17-21(2)18-35-13-6-11-30(12-14-35)19-36(29(39)40-30)27-10-8-25(28(37)38)15-22(27)3/h7-10,15-17,20,24,34H,6,11-14,18-19H2,1-5H3,(H,37,38)/b9-7-,21-17+,26-23+,33-16+. The van der Waals surface area contributed by atoms with Crippen LogP contribution in [0.2, 0.25) is 0 Å². The van der Waals surface area contributed by atoms with Crippen molar-refractivity contribution in [2.24, 2.45) is 11.0 Å². The molecular formula is C30H40F2N4O4. The number of rotatable bonds is 10. The lowest BCUT2D eigenvalue weighted by atomic mass is 9.94. The number of halogens is 2. The number of aryl methyl sites for hydroxylation is 1. The number of nitrogens with zero attached hydrogens (tertiary/aromatic N) is 3. The average Bonchev–Trinajstić information content (AvgIpc) is 3.10. The van der Waals surface area contributed by atoms with Crippen molar-refractivity contribution in [2.75, 3.05) is 31.1 Å². The lowest BCUT2D eigenvalue weighted by Gasteiger charge is -2.26. The topological polar surface area (TPSA) is 94.5 Å². The Balaban J connectivity index is 1.51. The minimum Gasteiger partial charge on any atom is -0.478 e. The molecule has 0 bridgehead atoms. The van der Waals surface area contributed by atoms with Crippen molar-refractivity contribution in [3.05, 3.63) is 64.7 Å². The molecule has 0 saturated carbocycles. The van der Waals surface area contributed by atoms with Crippen molar-refractivity contribution >= 4 is 24.0 Å². The van der Waals surface area contributed by atoms with E-state index in [-0.39, 0.29) is 17.1 Å². The molecule has 2 aliphatic heterocycles. The maximum atomic E-state index is 13.9. The highest BCUT2D eigenvalue weighted by atomic mass is 19.1. The summed E-state index contributed by atoms with van der Waals surface area (Å²) in [4.78, 5) is 28.0. The number of anilines is 1. The molecule has 0 aromatic heterocycles. The second-order valence-electron chi connectivity index (χ2n) is 10.8. The summed E-state index contributed by atoms with van der Waals surface area (Å²) in [7, 11) is 0. The summed E-state index contributed by atoms with van der Waals surface area (Å²) in [5, 5.41) is 13.4. The van der Waals surface area contributed by atoms with Crippen LogP contribution in [0.1, 0.15) is 62.9 Å². The first kappa shape index (κ1) is 31.0. The number of carbonyl (C=O) groups excluding carboxylic acids is 1. The van der Waals surface area contributed by atoms with Gasteiger partial charge in [0.2, 0.25) is 0 Å². The van der Waals surface area contributed by atoms with Crippen LogP contribution in [-0.2, 0) is 4.74 Å². The van der Waals surface area contributed by atoms with Crippen LogP contribution in [0, 0.1) is 12.8 Å². The fourth-order valence-electron chi connectivity index (χ4n) is 4.86. The SMILES string of the molecule is C/C(=C\N/N=C/C(C)/C=C\C(F)=C(\C)C(C)F)CN1CCCC2(CC1)CN(c1ccc(C(=O)O)cc1C)C(=O)O2. The normalized spacial score (nSPS) is 22.9. The number of alkyl halides is 1. The van der Waals surface area contributed by atoms with E-state index in [9.17, 15) is 23.5 Å². The van der Waals surface area contributed by atoms with Crippen LogP contribution in [0.5, 0.6) is 0 Å². The Labute approximate surface area is 235 Å². The number of carboxylic acid groups (broad SMARTS) is 1. The summed E-state index contributed by atoms with van der Waals surface area (Å²) in [6.07, 6.45) is 6.99. The van der Waals surface area contributed by atoms with E-state index in [1.165, 1.54) is 26.0 Å². The number of likely N-dealkylation sites (tertiary alicyclic amines) is 1. The van der Waals surface area contributed by atoms with Gasteiger partial charge >= 0.3 is 12.1 Å². The van der Waals surface area contributed by atoms with Crippen LogP contribution in [0.25, 0.3) is 0 Å². The molecule has 2 saturated heterocycles. The van der Waals surface area contributed by atoms with Crippen LogP contribution in [-0.4, -0.2) is 66.2 Å². The van der Waals surface area contributed by atoms with E-state index >= 15 is 0 Å². The molecule has 1 amide bonds. The molecule has 2 heterocycles. The minimum absolute atomic E-state index is 0.0716. The van der Waals surface area contributed by atoms with Gasteiger partial charge in [-0.2, -0.15) is 5.10 Å². The Bertz CT molecular complexity index is 1210. The number of hydrazone groups is 1. The van der Waals surface area contributed by atoms with Crippen molar-refractivity contribution in [1.29, 1.82) is 0 Å². The molecule has 218 valence electrons. The molecule has 3 rings (SSSR count). The van der Waals surface area contributed by atoms with E-state index in [0.29, 0.717) is 18.7 Å². The van der Waals surface area contributed by atoms with E-state index < -0.39 is 29.7 Å². The smallest absolute Gasteiger partial charge is 0.415 e. The molecule has 0 radical (unpaired) electrons. The van der Waals surface area contributed by atoms with E-state index in [4.69, 9.17) is 4.74 Å². The Hall–Kier alpha value is -3.53. The largest absolute Gasteiger partial charge is 0.478 e. The monoisotopic (exact) mass is 558 g/mol. The highest BCUT2D eigenvalue weighted by Crippen LogP contribution is 2.37. The molecule has 1 spiro atoms. The highest BCUT2D eigenvalue weighted by Gasteiger charge is 2.46. The third-order valence-electron chi connectivity index (χ3n) is 7.38. The summed E-state index contributed by atoms with van der Waals surface area (Å²) < 4.78 is 33.0. The van der Waals surface area contributed by atoms with Gasteiger partial charge in [-0.05, 0) is 88.1 Å². The van der Waals surface area contributed by atoms with Gasteiger partial charge in [0.1, 0.15) is 17.6 Å². The van der Waals surface area contributed by atoms with E-state index in [1.807, 2.05) is 20.0 Å². The number of allylic oxidation sites excluding steroid dienone is 4. The van der Waals surface area contributed by atoms with Crippen LogP contribution in [0.3, 0.4) is 0 Å². The fraction of sp³-hybridized carbons (Fsp3) is 0.500. The van der Waals surface area contributed by atoms with Gasteiger partial charge < -0.3 is 9.84 Å². The van der Waals surface area contributed by atoms with Crippen molar-refractivity contribution in [2.45, 2.75) is 65.7 Å². The molecule has 1 aromatic rings. The maximum absolute atomic E-state index is 13.9. The van der Waals surface area contributed by atoms with E-state index in [2.05, 4.69) is 15.4 Å². The average molecular weight is 559 g/mol. The zero-order valence-electron chi connectivity index (χ0n) is 23.9. The van der Waals surface area contributed by atoms with Gasteiger partial charge in [-0.15, -0.1) is 0 Å². The summed E-state index contributed by atoms with van der Waals surface area (Å²) in [5.74, 6) is -1.70. The number of benzene rings is 1. The number of nitrogens with one attached hydrogen (secondary N) is 1. The van der Waals surface area contributed by atoms with Gasteiger partial charge in [-0.1, -0.05) is 13.0 Å². The molecule has 10 heteroatoms. The minimum atomic E-state index is -1.32. The number of carboxylic acids is 1. The van der Waals surface area contributed by atoms with Crippen molar-refractivity contribution in [3.63, 3.8) is 0 Å². The summed E-state index contributed by atoms with van der Waals surface area (Å²) in [6, 6.07) is 4.75.